The molecule has 1 aromatic rings. The Morgan fingerprint density at radius 1 is 1.44 bits per heavy atom. The number of hydrogen-bond acceptors (Lipinski definition) is 2. The van der Waals surface area contributed by atoms with Crippen molar-refractivity contribution < 1.29 is 9.90 Å². The number of rotatable bonds is 4. The molecule has 1 aliphatic carbocycles. The van der Waals surface area contributed by atoms with Crippen molar-refractivity contribution in [2.24, 2.45) is 5.41 Å². The third kappa shape index (κ3) is 2.38. The third-order valence-corrected chi connectivity index (χ3v) is 4.20. The Labute approximate surface area is 103 Å². The van der Waals surface area contributed by atoms with Crippen LogP contribution in [0.4, 0.5) is 0 Å². The zero-order valence-corrected chi connectivity index (χ0v) is 10.5. The number of carbonyl (C=O) groups is 1. The van der Waals surface area contributed by atoms with Gasteiger partial charge in [0.05, 0.1) is 5.56 Å². The first kappa shape index (κ1) is 11.5. The summed E-state index contributed by atoms with van der Waals surface area (Å²) < 4.78 is 0. The van der Waals surface area contributed by atoms with E-state index in [1.807, 2.05) is 0 Å². The molecule has 0 spiro atoms. The number of halogens is 1. The summed E-state index contributed by atoms with van der Waals surface area (Å²) in [6, 6.07) is 6.59. The van der Waals surface area contributed by atoms with Crippen molar-refractivity contribution >= 4 is 21.8 Å². The van der Waals surface area contributed by atoms with Gasteiger partial charge in [-0.25, -0.2) is 0 Å². The molecule has 16 heavy (non-hydrogen) atoms. The lowest BCUT2D eigenvalue weighted by molar-refractivity contribution is 0.0944. The minimum atomic E-state index is -0.203. The standard InChI is InChI=1S/C12H14BrNO2/c13-7-12(5-6-12)8-14-11(16)9-3-1-2-4-10(9)15/h1-4,15H,5-8H2,(H,14,16). The number of hydrogen-bond donors (Lipinski definition) is 2. The third-order valence-electron chi connectivity index (χ3n) is 3.01. The largest absolute Gasteiger partial charge is 0.507 e. The summed E-state index contributed by atoms with van der Waals surface area (Å²) in [7, 11) is 0. The van der Waals surface area contributed by atoms with Gasteiger partial charge in [0.15, 0.2) is 0 Å². The van der Waals surface area contributed by atoms with Crippen LogP contribution in [0.1, 0.15) is 23.2 Å². The van der Waals surface area contributed by atoms with E-state index < -0.39 is 0 Å². The fourth-order valence-corrected chi connectivity index (χ4v) is 2.32. The average Bonchev–Trinajstić information content (AvgIpc) is 3.07. The maximum atomic E-state index is 11.8. The summed E-state index contributed by atoms with van der Waals surface area (Å²) in [5.41, 5.74) is 0.591. The van der Waals surface area contributed by atoms with E-state index in [4.69, 9.17) is 0 Å². The number of amides is 1. The van der Waals surface area contributed by atoms with E-state index in [9.17, 15) is 9.90 Å². The van der Waals surface area contributed by atoms with Gasteiger partial charge in [-0.15, -0.1) is 0 Å². The van der Waals surface area contributed by atoms with E-state index >= 15 is 0 Å². The topological polar surface area (TPSA) is 49.3 Å². The Hall–Kier alpha value is -1.03. The molecule has 0 heterocycles. The summed E-state index contributed by atoms with van der Waals surface area (Å²) in [5.74, 6) is -0.172. The second-order valence-electron chi connectivity index (χ2n) is 4.33. The first-order valence-electron chi connectivity index (χ1n) is 5.29. The molecule has 1 amide bonds. The van der Waals surface area contributed by atoms with Crippen LogP contribution in [0.2, 0.25) is 0 Å². The van der Waals surface area contributed by atoms with Crippen LogP contribution in [0, 0.1) is 5.41 Å². The van der Waals surface area contributed by atoms with Gasteiger partial charge in [-0.3, -0.25) is 4.79 Å². The summed E-state index contributed by atoms with van der Waals surface area (Å²) in [6.45, 7) is 0.672. The van der Waals surface area contributed by atoms with E-state index in [-0.39, 0.29) is 17.1 Å². The van der Waals surface area contributed by atoms with Crippen LogP contribution in [0.5, 0.6) is 5.75 Å². The highest BCUT2D eigenvalue weighted by atomic mass is 79.9. The lowest BCUT2D eigenvalue weighted by Crippen LogP contribution is -2.30. The molecule has 86 valence electrons. The fraction of sp³-hybridized carbons (Fsp3) is 0.417. The smallest absolute Gasteiger partial charge is 0.255 e. The van der Waals surface area contributed by atoms with E-state index in [1.54, 1.807) is 18.2 Å². The van der Waals surface area contributed by atoms with Crippen LogP contribution < -0.4 is 5.32 Å². The predicted molar refractivity (Wildman–Crippen MR) is 65.9 cm³/mol. The molecule has 4 heteroatoms. The van der Waals surface area contributed by atoms with E-state index in [0.29, 0.717) is 12.1 Å². The molecule has 0 aromatic heterocycles. The summed E-state index contributed by atoms with van der Waals surface area (Å²) in [5, 5.41) is 13.3. The first-order chi connectivity index (χ1) is 7.67. The maximum Gasteiger partial charge on any atom is 0.255 e. The molecule has 2 N–H and O–H groups in total. The Balaban J connectivity index is 1.96. The van der Waals surface area contributed by atoms with Crippen molar-refractivity contribution in [2.75, 3.05) is 11.9 Å². The van der Waals surface area contributed by atoms with Gasteiger partial charge < -0.3 is 10.4 Å². The van der Waals surface area contributed by atoms with Crippen LogP contribution in [0.15, 0.2) is 24.3 Å². The van der Waals surface area contributed by atoms with Gasteiger partial charge in [0, 0.05) is 11.9 Å². The van der Waals surface area contributed by atoms with Crippen LogP contribution in [-0.2, 0) is 0 Å². The average molecular weight is 284 g/mol. The number of nitrogens with one attached hydrogen (secondary N) is 1. The molecule has 0 unspecified atom stereocenters. The molecular weight excluding hydrogens is 270 g/mol. The van der Waals surface area contributed by atoms with E-state index in [1.165, 1.54) is 6.07 Å². The molecule has 2 rings (SSSR count). The van der Waals surface area contributed by atoms with Crippen molar-refractivity contribution in [3.63, 3.8) is 0 Å². The molecule has 1 saturated carbocycles. The van der Waals surface area contributed by atoms with Gasteiger partial charge >= 0.3 is 0 Å². The number of phenols is 1. The maximum absolute atomic E-state index is 11.8. The van der Waals surface area contributed by atoms with Crippen LogP contribution in [-0.4, -0.2) is 22.9 Å². The molecule has 1 fully saturated rings. The van der Waals surface area contributed by atoms with Crippen molar-refractivity contribution in [1.82, 2.24) is 5.32 Å². The van der Waals surface area contributed by atoms with Crippen molar-refractivity contribution in [3.8, 4) is 5.75 Å². The lowest BCUT2D eigenvalue weighted by atomic mass is 10.1. The molecular formula is C12H14BrNO2. The van der Waals surface area contributed by atoms with Crippen molar-refractivity contribution in [2.45, 2.75) is 12.8 Å². The molecule has 3 nitrogen and oxygen atoms in total. The number of benzene rings is 1. The number of para-hydroxylation sites is 1. The summed E-state index contributed by atoms with van der Waals surface area (Å²) >= 11 is 3.45. The minimum Gasteiger partial charge on any atom is -0.507 e. The van der Waals surface area contributed by atoms with Gasteiger partial charge in [-0.2, -0.15) is 0 Å². The highest BCUT2D eigenvalue weighted by Crippen LogP contribution is 2.46. The van der Waals surface area contributed by atoms with E-state index in [0.717, 1.165) is 18.2 Å². The summed E-state index contributed by atoms with van der Waals surface area (Å²) in [4.78, 5) is 11.8. The number of alkyl halides is 1. The normalized spacial score (nSPS) is 16.8. The molecule has 0 aliphatic heterocycles. The Kier molecular flexibility index (Phi) is 3.19. The number of phenolic OH excluding ortho intramolecular Hbond substituents is 1. The zero-order chi connectivity index (χ0) is 11.6. The molecule has 0 atom stereocenters. The second-order valence-corrected chi connectivity index (χ2v) is 4.89. The molecule has 1 aliphatic rings. The van der Waals surface area contributed by atoms with Gasteiger partial charge in [0.2, 0.25) is 0 Å². The van der Waals surface area contributed by atoms with Crippen LogP contribution >= 0.6 is 15.9 Å². The van der Waals surface area contributed by atoms with Crippen molar-refractivity contribution in [1.29, 1.82) is 0 Å². The Morgan fingerprint density at radius 3 is 2.69 bits per heavy atom. The monoisotopic (exact) mass is 283 g/mol. The number of aromatic hydroxyl groups is 1. The molecule has 1 aromatic carbocycles. The quantitative estimate of drug-likeness (QED) is 0.833. The minimum absolute atomic E-state index is 0.0312. The highest BCUT2D eigenvalue weighted by molar-refractivity contribution is 9.09. The zero-order valence-electron chi connectivity index (χ0n) is 8.87. The second kappa shape index (κ2) is 4.45. The Morgan fingerprint density at radius 2 is 2.12 bits per heavy atom. The van der Waals surface area contributed by atoms with Crippen LogP contribution in [0.3, 0.4) is 0 Å². The molecule has 0 bridgehead atoms. The van der Waals surface area contributed by atoms with Crippen molar-refractivity contribution in [3.05, 3.63) is 29.8 Å². The molecule has 0 saturated heterocycles. The number of carbonyl (C=O) groups excluding carboxylic acids is 1. The molecule has 0 radical (unpaired) electrons. The predicted octanol–water partition coefficient (Wildman–Crippen LogP) is 2.30. The summed E-state index contributed by atoms with van der Waals surface area (Å²) in [6.07, 6.45) is 2.30. The van der Waals surface area contributed by atoms with Gasteiger partial charge in [0.25, 0.3) is 5.91 Å². The highest BCUT2D eigenvalue weighted by Gasteiger charge is 2.41. The van der Waals surface area contributed by atoms with Gasteiger partial charge in [-0.05, 0) is 30.4 Å². The SMILES string of the molecule is O=C(NCC1(CBr)CC1)c1ccccc1O. The fourth-order valence-electron chi connectivity index (χ4n) is 1.56. The first-order valence-corrected chi connectivity index (χ1v) is 6.41. The lowest BCUT2D eigenvalue weighted by Gasteiger charge is -2.12. The van der Waals surface area contributed by atoms with Gasteiger partial charge in [-0.1, -0.05) is 28.1 Å². The van der Waals surface area contributed by atoms with Crippen LogP contribution in [0.25, 0.3) is 0 Å². The van der Waals surface area contributed by atoms with Gasteiger partial charge in [0.1, 0.15) is 5.75 Å². The van der Waals surface area contributed by atoms with E-state index in [2.05, 4.69) is 21.2 Å². The Bertz CT molecular complexity index is 402.